The van der Waals surface area contributed by atoms with Crippen LogP contribution in [0.1, 0.15) is 65.7 Å². The summed E-state index contributed by atoms with van der Waals surface area (Å²) in [5.74, 6) is 2.61. The van der Waals surface area contributed by atoms with E-state index in [0.29, 0.717) is 6.04 Å². The van der Waals surface area contributed by atoms with Crippen molar-refractivity contribution in [1.82, 2.24) is 0 Å². The largest absolute Gasteiger partial charge is 0.327 e. The maximum Gasteiger partial charge on any atom is 0.00699 e. The molecule has 0 aromatic carbocycles. The lowest BCUT2D eigenvalue weighted by Crippen LogP contribution is -2.39. The van der Waals surface area contributed by atoms with E-state index in [1.54, 1.807) is 0 Å². The standard InChI is InChI=1S/C14H29N/c1-4-6-11(3)13-10-12(7-5-2)8-9-14(13)15/h11-14H,4-10,15H2,1-3H3. The van der Waals surface area contributed by atoms with Gasteiger partial charge in [0.1, 0.15) is 0 Å². The molecule has 1 heteroatoms. The van der Waals surface area contributed by atoms with Gasteiger partial charge in [0.05, 0.1) is 0 Å². The summed E-state index contributed by atoms with van der Waals surface area (Å²) < 4.78 is 0. The Morgan fingerprint density at radius 3 is 2.53 bits per heavy atom. The Balaban J connectivity index is 2.45. The van der Waals surface area contributed by atoms with Crippen molar-refractivity contribution in [3.63, 3.8) is 0 Å². The van der Waals surface area contributed by atoms with Gasteiger partial charge in [-0.1, -0.05) is 46.5 Å². The quantitative estimate of drug-likeness (QED) is 0.731. The van der Waals surface area contributed by atoms with E-state index in [9.17, 15) is 0 Å². The van der Waals surface area contributed by atoms with Crippen LogP contribution in [0.2, 0.25) is 0 Å². The molecular formula is C14H29N. The molecule has 0 radical (unpaired) electrons. The lowest BCUT2D eigenvalue weighted by molar-refractivity contribution is 0.162. The average Bonchev–Trinajstić information content (AvgIpc) is 2.21. The van der Waals surface area contributed by atoms with Crippen LogP contribution in [0.15, 0.2) is 0 Å². The summed E-state index contributed by atoms with van der Waals surface area (Å²) in [7, 11) is 0. The van der Waals surface area contributed by atoms with Crippen LogP contribution < -0.4 is 5.73 Å². The molecule has 0 aliphatic heterocycles. The molecule has 0 spiro atoms. The Bertz CT molecular complexity index is 167. The molecule has 0 heterocycles. The van der Waals surface area contributed by atoms with E-state index in [1.165, 1.54) is 44.9 Å². The molecule has 0 aromatic heterocycles. The average molecular weight is 211 g/mol. The zero-order chi connectivity index (χ0) is 11.3. The third kappa shape index (κ3) is 3.79. The van der Waals surface area contributed by atoms with Crippen molar-refractivity contribution >= 4 is 0 Å². The molecule has 1 aliphatic carbocycles. The number of rotatable bonds is 5. The van der Waals surface area contributed by atoms with Crippen molar-refractivity contribution in [1.29, 1.82) is 0 Å². The highest BCUT2D eigenvalue weighted by atomic mass is 14.7. The summed E-state index contributed by atoms with van der Waals surface area (Å²) in [5, 5.41) is 0. The van der Waals surface area contributed by atoms with Crippen LogP contribution in [0.25, 0.3) is 0 Å². The molecular weight excluding hydrogens is 182 g/mol. The third-order valence-electron chi connectivity index (χ3n) is 4.24. The highest BCUT2D eigenvalue weighted by Crippen LogP contribution is 2.36. The van der Waals surface area contributed by atoms with Crippen LogP contribution in [-0.4, -0.2) is 6.04 Å². The second kappa shape index (κ2) is 6.52. The molecule has 4 unspecified atom stereocenters. The van der Waals surface area contributed by atoms with Crippen LogP contribution in [0.3, 0.4) is 0 Å². The van der Waals surface area contributed by atoms with E-state index in [-0.39, 0.29) is 0 Å². The van der Waals surface area contributed by atoms with Crippen molar-refractivity contribution in [2.75, 3.05) is 0 Å². The minimum absolute atomic E-state index is 0.486. The highest BCUT2D eigenvalue weighted by molar-refractivity contribution is 4.85. The first-order valence-corrected chi connectivity index (χ1v) is 6.94. The second-order valence-electron chi connectivity index (χ2n) is 5.56. The van der Waals surface area contributed by atoms with E-state index < -0.39 is 0 Å². The zero-order valence-corrected chi connectivity index (χ0v) is 10.8. The maximum absolute atomic E-state index is 6.27. The zero-order valence-electron chi connectivity index (χ0n) is 10.8. The van der Waals surface area contributed by atoms with Gasteiger partial charge in [-0.25, -0.2) is 0 Å². The Morgan fingerprint density at radius 1 is 1.20 bits per heavy atom. The highest BCUT2D eigenvalue weighted by Gasteiger charge is 2.30. The lowest BCUT2D eigenvalue weighted by atomic mass is 9.71. The van der Waals surface area contributed by atoms with Gasteiger partial charge in [-0.2, -0.15) is 0 Å². The predicted molar refractivity (Wildman–Crippen MR) is 67.8 cm³/mol. The fourth-order valence-electron chi connectivity index (χ4n) is 3.31. The van der Waals surface area contributed by atoms with Crippen LogP contribution >= 0.6 is 0 Å². The van der Waals surface area contributed by atoms with Crippen LogP contribution in [0, 0.1) is 17.8 Å². The van der Waals surface area contributed by atoms with E-state index in [0.717, 1.165) is 17.8 Å². The van der Waals surface area contributed by atoms with Gasteiger partial charge in [0.2, 0.25) is 0 Å². The minimum Gasteiger partial charge on any atom is -0.327 e. The first kappa shape index (κ1) is 13.0. The molecule has 1 fully saturated rings. The third-order valence-corrected chi connectivity index (χ3v) is 4.24. The molecule has 1 aliphatic rings. The molecule has 15 heavy (non-hydrogen) atoms. The Hall–Kier alpha value is -0.0400. The van der Waals surface area contributed by atoms with Crippen molar-refractivity contribution in [2.24, 2.45) is 23.5 Å². The van der Waals surface area contributed by atoms with Crippen molar-refractivity contribution in [3.05, 3.63) is 0 Å². The van der Waals surface area contributed by atoms with Gasteiger partial charge in [0, 0.05) is 6.04 Å². The first-order chi connectivity index (χ1) is 7.19. The Kier molecular flexibility index (Phi) is 5.66. The maximum atomic E-state index is 6.27. The van der Waals surface area contributed by atoms with Gasteiger partial charge in [-0.15, -0.1) is 0 Å². The molecule has 0 amide bonds. The normalized spacial score (nSPS) is 34.0. The van der Waals surface area contributed by atoms with Crippen LogP contribution in [0.5, 0.6) is 0 Å². The summed E-state index contributed by atoms with van der Waals surface area (Å²) >= 11 is 0. The van der Waals surface area contributed by atoms with E-state index >= 15 is 0 Å². The van der Waals surface area contributed by atoms with Gasteiger partial charge in [0.25, 0.3) is 0 Å². The fourth-order valence-corrected chi connectivity index (χ4v) is 3.31. The number of hydrogen-bond acceptors (Lipinski definition) is 1. The van der Waals surface area contributed by atoms with Crippen LogP contribution in [0.4, 0.5) is 0 Å². The van der Waals surface area contributed by atoms with Gasteiger partial charge in [0.15, 0.2) is 0 Å². The molecule has 1 nitrogen and oxygen atoms in total. The molecule has 1 rings (SSSR count). The van der Waals surface area contributed by atoms with Gasteiger partial charge >= 0.3 is 0 Å². The van der Waals surface area contributed by atoms with E-state index in [2.05, 4.69) is 20.8 Å². The molecule has 0 saturated heterocycles. The van der Waals surface area contributed by atoms with E-state index in [4.69, 9.17) is 5.73 Å². The Labute approximate surface area is 95.8 Å². The summed E-state index contributed by atoms with van der Waals surface area (Å²) in [6.07, 6.45) is 9.47. The molecule has 2 N–H and O–H groups in total. The van der Waals surface area contributed by atoms with Gasteiger partial charge in [-0.05, 0) is 37.0 Å². The summed E-state index contributed by atoms with van der Waals surface area (Å²) in [6, 6.07) is 0.486. The van der Waals surface area contributed by atoms with Crippen molar-refractivity contribution < 1.29 is 0 Å². The van der Waals surface area contributed by atoms with Crippen molar-refractivity contribution in [2.45, 2.75) is 71.8 Å². The second-order valence-corrected chi connectivity index (χ2v) is 5.56. The summed E-state index contributed by atoms with van der Waals surface area (Å²) in [4.78, 5) is 0. The topological polar surface area (TPSA) is 26.0 Å². The van der Waals surface area contributed by atoms with Crippen molar-refractivity contribution in [3.8, 4) is 0 Å². The summed E-state index contributed by atoms with van der Waals surface area (Å²) in [5.41, 5.74) is 6.27. The first-order valence-electron chi connectivity index (χ1n) is 6.94. The SMILES string of the molecule is CCCC1CCC(N)C(C(C)CCC)C1. The van der Waals surface area contributed by atoms with Gasteiger partial charge < -0.3 is 5.73 Å². The number of hydrogen-bond donors (Lipinski definition) is 1. The minimum atomic E-state index is 0.486. The lowest BCUT2D eigenvalue weighted by Gasteiger charge is -2.37. The number of nitrogens with two attached hydrogens (primary N) is 1. The molecule has 0 bridgehead atoms. The monoisotopic (exact) mass is 211 g/mol. The van der Waals surface area contributed by atoms with Gasteiger partial charge in [-0.3, -0.25) is 0 Å². The molecule has 4 atom stereocenters. The molecule has 90 valence electrons. The predicted octanol–water partition coefficient (Wildman–Crippen LogP) is 3.97. The van der Waals surface area contributed by atoms with E-state index in [1.807, 2.05) is 0 Å². The van der Waals surface area contributed by atoms with Crippen LogP contribution in [-0.2, 0) is 0 Å². The Morgan fingerprint density at radius 2 is 1.93 bits per heavy atom. The smallest absolute Gasteiger partial charge is 0.00699 e. The fraction of sp³-hybridized carbons (Fsp3) is 1.00. The summed E-state index contributed by atoms with van der Waals surface area (Å²) in [6.45, 7) is 7.00. The molecule has 0 aromatic rings. The molecule has 1 saturated carbocycles.